The molecule has 9 heteroatoms. The molecule has 120 valence electrons. The molecule has 2 rings (SSSR count). The molecule has 6 nitrogen and oxygen atoms in total. The second-order valence-corrected chi connectivity index (χ2v) is 9.97. The zero-order valence-corrected chi connectivity index (χ0v) is 14.4. The van der Waals surface area contributed by atoms with Gasteiger partial charge in [0.05, 0.1) is 11.6 Å². The summed E-state index contributed by atoms with van der Waals surface area (Å²) in [4.78, 5) is 0.168. The number of rotatable bonds is 7. The Morgan fingerprint density at radius 3 is 2.43 bits per heavy atom. The molecule has 0 aromatic carbocycles. The van der Waals surface area contributed by atoms with Gasteiger partial charge in [0.25, 0.3) is 0 Å². The summed E-state index contributed by atoms with van der Waals surface area (Å²) in [5.41, 5.74) is 0.772. The molecular weight excluding hydrogens is 336 g/mol. The molecule has 0 unspecified atom stereocenters. The van der Waals surface area contributed by atoms with Gasteiger partial charge in [-0.2, -0.15) is 4.31 Å². The number of sulfone groups is 1. The molecule has 0 bridgehead atoms. The van der Waals surface area contributed by atoms with Gasteiger partial charge in [-0.05, 0) is 18.9 Å². The number of alkyl halides is 1. The van der Waals surface area contributed by atoms with E-state index in [2.05, 4.69) is 0 Å². The number of sulfonamides is 1. The predicted molar refractivity (Wildman–Crippen MR) is 81.8 cm³/mol. The lowest BCUT2D eigenvalue weighted by Crippen LogP contribution is -2.31. The molecule has 1 fully saturated rings. The predicted octanol–water partition coefficient (Wildman–Crippen LogP) is 1.23. The van der Waals surface area contributed by atoms with Crippen LogP contribution in [0.25, 0.3) is 0 Å². The van der Waals surface area contributed by atoms with Gasteiger partial charge < -0.3 is 4.57 Å². The molecule has 0 N–H and O–H groups in total. The normalized spacial score (nSPS) is 16.6. The maximum absolute atomic E-state index is 12.4. The van der Waals surface area contributed by atoms with Crippen LogP contribution in [0.3, 0.4) is 0 Å². The van der Waals surface area contributed by atoms with Gasteiger partial charge >= 0.3 is 0 Å². The standard InChI is InChI=1S/C12H19ClN2O4S2/c1-14(5-6-20(2,16)17)21(18,19)12-7-11(8-13)15(9-12)10-3-4-10/h7,9-10H,3-6,8H2,1-2H3. The summed E-state index contributed by atoms with van der Waals surface area (Å²) >= 11 is 5.86. The highest BCUT2D eigenvalue weighted by Crippen LogP contribution is 2.37. The molecule has 0 atom stereocenters. The van der Waals surface area contributed by atoms with E-state index >= 15 is 0 Å². The molecule has 0 saturated heterocycles. The van der Waals surface area contributed by atoms with Gasteiger partial charge in [0.1, 0.15) is 14.7 Å². The number of hydrogen-bond donors (Lipinski definition) is 0. The summed E-state index contributed by atoms with van der Waals surface area (Å²) < 4.78 is 50.2. The van der Waals surface area contributed by atoms with Gasteiger partial charge in [-0.25, -0.2) is 16.8 Å². The highest BCUT2D eigenvalue weighted by atomic mass is 35.5. The molecule has 1 aliphatic rings. The second-order valence-electron chi connectivity index (χ2n) is 5.40. The van der Waals surface area contributed by atoms with E-state index in [0.717, 1.165) is 29.1 Å². The first-order chi connectivity index (χ1) is 9.65. The highest BCUT2D eigenvalue weighted by Gasteiger charge is 2.29. The van der Waals surface area contributed by atoms with Crippen LogP contribution in [0.15, 0.2) is 17.2 Å². The van der Waals surface area contributed by atoms with Crippen molar-refractivity contribution < 1.29 is 16.8 Å². The topological polar surface area (TPSA) is 76.5 Å². The van der Waals surface area contributed by atoms with Crippen LogP contribution in [-0.2, 0) is 25.7 Å². The first kappa shape index (κ1) is 16.8. The van der Waals surface area contributed by atoms with Crippen LogP contribution in [0.5, 0.6) is 0 Å². The zero-order valence-electron chi connectivity index (χ0n) is 12.0. The van der Waals surface area contributed by atoms with Crippen LogP contribution in [0.4, 0.5) is 0 Å². The van der Waals surface area contributed by atoms with Gasteiger partial charge in [-0.1, -0.05) is 0 Å². The van der Waals surface area contributed by atoms with E-state index in [-0.39, 0.29) is 23.1 Å². The largest absolute Gasteiger partial charge is 0.346 e. The summed E-state index contributed by atoms with van der Waals surface area (Å²) in [5, 5.41) is 0. The molecule has 0 spiro atoms. The minimum Gasteiger partial charge on any atom is -0.346 e. The van der Waals surface area contributed by atoms with Crippen molar-refractivity contribution in [1.29, 1.82) is 0 Å². The lowest BCUT2D eigenvalue weighted by molar-refractivity contribution is 0.484. The minimum absolute atomic E-state index is 0.0635. The van der Waals surface area contributed by atoms with Crippen molar-refractivity contribution in [3.63, 3.8) is 0 Å². The summed E-state index contributed by atoms with van der Waals surface area (Å²) in [7, 11) is -5.51. The number of halogens is 1. The second kappa shape index (κ2) is 5.91. The lowest BCUT2D eigenvalue weighted by Gasteiger charge is -2.15. The van der Waals surface area contributed by atoms with Crippen LogP contribution in [0.1, 0.15) is 24.6 Å². The lowest BCUT2D eigenvalue weighted by atomic mass is 10.5. The monoisotopic (exact) mass is 354 g/mol. The molecular formula is C12H19ClN2O4S2. The van der Waals surface area contributed by atoms with E-state index < -0.39 is 19.9 Å². The van der Waals surface area contributed by atoms with E-state index in [9.17, 15) is 16.8 Å². The Morgan fingerprint density at radius 2 is 1.95 bits per heavy atom. The molecule has 1 saturated carbocycles. The van der Waals surface area contributed by atoms with Gasteiger partial charge in [0, 0.05) is 37.8 Å². The number of hydrogen-bond acceptors (Lipinski definition) is 4. The Morgan fingerprint density at radius 1 is 1.33 bits per heavy atom. The highest BCUT2D eigenvalue weighted by molar-refractivity contribution is 7.91. The van der Waals surface area contributed by atoms with Crippen molar-refractivity contribution in [2.45, 2.75) is 29.7 Å². The third kappa shape index (κ3) is 4.00. The summed E-state index contributed by atoms with van der Waals surface area (Å²) in [6, 6.07) is 1.90. The maximum Gasteiger partial charge on any atom is 0.244 e. The molecule has 0 radical (unpaired) electrons. The molecule has 1 heterocycles. The van der Waals surface area contributed by atoms with Crippen LogP contribution >= 0.6 is 11.6 Å². The van der Waals surface area contributed by atoms with E-state index in [1.807, 2.05) is 4.57 Å². The Kier molecular flexibility index (Phi) is 4.72. The van der Waals surface area contributed by atoms with Crippen molar-refractivity contribution in [2.75, 3.05) is 25.6 Å². The first-order valence-corrected chi connectivity index (χ1v) is 10.6. The van der Waals surface area contributed by atoms with Crippen molar-refractivity contribution >= 4 is 31.5 Å². The molecule has 1 aromatic heterocycles. The van der Waals surface area contributed by atoms with Gasteiger partial charge in [0.15, 0.2) is 0 Å². The summed E-state index contributed by atoms with van der Waals surface area (Å²) in [5.74, 6) is 0.0491. The van der Waals surface area contributed by atoms with Crippen molar-refractivity contribution in [3.05, 3.63) is 18.0 Å². The van der Waals surface area contributed by atoms with E-state index in [1.165, 1.54) is 7.05 Å². The Hall–Kier alpha value is -0.570. The Labute approximate surface area is 130 Å². The molecule has 21 heavy (non-hydrogen) atoms. The van der Waals surface area contributed by atoms with E-state index in [0.29, 0.717) is 6.04 Å². The van der Waals surface area contributed by atoms with E-state index in [1.54, 1.807) is 12.3 Å². The number of aromatic nitrogens is 1. The van der Waals surface area contributed by atoms with Gasteiger partial charge in [-0.3, -0.25) is 0 Å². The smallest absolute Gasteiger partial charge is 0.244 e. The number of nitrogens with zero attached hydrogens (tertiary/aromatic N) is 2. The first-order valence-electron chi connectivity index (χ1n) is 6.56. The third-order valence-corrected chi connectivity index (χ3v) is 6.49. The van der Waals surface area contributed by atoms with Crippen LogP contribution in [0.2, 0.25) is 0 Å². The third-order valence-electron chi connectivity index (χ3n) is 3.47. The fourth-order valence-electron chi connectivity index (χ4n) is 2.03. The van der Waals surface area contributed by atoms with Crippen molar-refractivity contribution in [3.8, 4) is 0 Å². The minimum atomic E-state index is -3.69. The van der Waals surface area contributed by atoms with Crippen LogP contribution in [-0.4, -0.2) is 51.3 Å². The Balaban J connectivity index is 2.22. The van der Waals surface area contributed by atoms with E-state index in [4.69, 9.17) is 11.6 Å². The molecule has 1 aromatic rings. The van der Waals surface area contributed by atoms with Gasteiger partial charge in [0.2, 0.25) is 10.0 Å². The molecule has 0 amide bonds. The SMILES string of the molecule is CN(CCS(C)(=O)=O)S(=O)(=O)c1cc(CCl)n(C2CC2)c1. The quantitative estimate of drug-likeness (QED) is 0.690. The zero-order chi connectivity index (χ0) is 15.8. The van der Waals surface area contributed by atoms with Crippen LogP contribution < -0.4 is 0 Å². The average molecular weight is 355 g/mol. The molecule has 0 aliphatic heterocycles. The van der Waals surface area contributed by atoms with Crippen molar-refractivity contribution in [1.82, 2.24) is 8.87 Å². The average Bonchev–Trinajstić information content (AvgIpc) is 3.13. The fraction of sp³-hybridized carbons (Fsp3) is 0.667. The Bertz CT molecular complexity index is 720. The van der Waals surface area contributed by atoms with Gasteiger partial charge in [-0.15, -0.1) is 11.6 Å². The van der Waals surface area contributed by atoms with Crippen LogP contribution in [0, 0.1) is 0 Å². The fourth-order valence-corrected chi connectivity index (χ4v) is 4.19. The summed E-state index contributed by atoms with van der Waals surface area (Å²) in [6.45, 7) is -0.0635. The molecule has 1 aliphatic carbocycles. The maximum atomic E-state index is 12.4. The summed E-state index contributed by atoms with van der Waals surface area (Å²) in [6.07, 6.45) is 4.74. The van der Waals surface area contributed by atoms with Crippen molar-refractivity contribution in [2.24, 2.45) is 0 Å².